The van der Waals surface area contributed by atoms with E-state index in [1.54, 1.807) is 35.3 Å². The summed E-state index contributed by atoms with van der Waals surface area (Å²) in [6, 6.07) is 14.5. The van der Waals surface area contributed by atoms with Crippen LogP contribution in [-0.4, -0.2) is 25.5 Å². The molecule has 4 aromatic rings. The molecule has 2 aromatic heterocycles. The van der Waals surface area contributed by atoms with Crippen LogP contribution in [0.4, 0.5) is 5.82 Å². The molecule has 0 unspecified atom stereocenters. The molecule has 0 fully saturated rings. The Morgan fingerprint density at radius 2 is 1.81 bits per heavy atom. The molecule has 2 heterocycles. The number of hydrogen-bond acceptors (Lipinski definition) is 4. The van der Waals surface area contributed by atoms with Crippen molar-refractivity contribution in [2.45, 2.75) is 20.2 Å². The Balaban J connectivity index is 1.39. The van der Waals surface area contributed by atoms with Crippen LogP contribution < -0.4 is 10.1 Å². The van der Waals surface area contributed by atoms with Gasteiger partial charge in [-0.2, -0.15) is 10.2 Å². The fraction of sp³-hybridized carbons (Fsp3) is 0.136. The smallest absolute Gasteiger partial charge is 0.277 e. The number of amides is 1. The normalized spacial score (nSPS) is 10.9. The van der Waals surface area contributed by atoms with Crippen LogP contribution in [0.2, 0.25) is 15.1 Å². The van der Waals surface area contributed by atoms with Crippen molar-refractivity contribution in [1.29, 1.82) is 0 Å². The van der Waals surface area contributed by atoms with Crippen LogP contribution in [0.5, 0.6) is 5.75 Å². The molecule has 4 rings (SSSR count). The van der Waals surface area contributed by atoms with Gasteiger partial charge in [0.25, 0.3) is 5.91 Å². The second kappa shape index (κ2) is 9.65. The maximum atomic E-state index is 12.6. The van der Waals surface area contributed by atoms with Gasteiger partial charge in [-0.25, -0.2) is 4.68 Å². The minimum absolute atomic E-state index is 0.101. The highest BCUT2D eigenvalue weighted by molar-refractivity contribution is 6.33. The molecule has 0 aliphatic carbocycles. The molecule has 0 atom stereocenters. The number of anilines is 1. The van der Waals surface area contributed by atoms with Crippen LogP contribution >= 0.6 is 34.8 Å². The number of benzene rings is 2. The van der Waals surface area contributed by atoms with Gasteiger partial charge in [0.2, 0.25) is 0 Å². The lowest BCUT2D eigenvalue weighted by molar-refractivity contribution is 0.101. The molecule has 0 aliphatic rings. The number of ether oxygens (including phenoxy) is 1. The summed E-state index contributed by atoms with van der Waals surface area (Å²) in [5.41, 5.74) is 2.11. The summed E-state index contributed by atoms with van der Waals surface area (Å²) in [7, 11) is 0. The van der Waals surface area contributed by atoms with Crippen molar-refractivity contribution in [3.05, 3.63) is 92.8 Å². The Hall–Kier alpha value is -3.00. The molecule has 0 spiro atoms. The average molecular weight is 491 g/mol. The largest absolute Gasteiger partial charge is 0.470 e. The van der Waals surface area contributed by atoms with E-state index < -0.39 is 5.91 Å². The van der Waals surface area contributed by atoms with Gasteiger partial charge in [0.05, 0.1) is 11.6 Å². The molecule has 1 amide bonds. The fourth-order valence-corrected chi connectivity index (χ4v) is 3.51. The van der Waals surface area contributed by atoms with Gasteiger partial charge in [0.15, 0.2) is 18.2 Å². The summed E-state index contributed by atoms with van der Waals surface area (Å²) in [5.74, 6) is 0.340. The first kappa shape index (κ1) is 22.2. The summed E-state index contributed by atoms with van der Waals surface area (Å²) in [4.78, 5) is 12.6. The molecular weight excluding hydrogens is 473 g/mol. The summed E-state index contributed by atoms with van der Waals surface area (Å²) in [6.45, 7) is 2.47. The third-order valence-electron chi connectivity index (χ3n) is 4.55. The van der Waals surface area contributed by atoms with Crippen molar-refractivity contribution in [2.75, 3.05) is 5.32 Å². The predicted octanol–water partition coefficient (Wildman–Crippen LogP) is 5.69. The molecular formula is C22H18Cl3N5O2. The van der Waals surface area contributed by atoms with E-state index in [4.69, 9.17) is 39.5 Å². The summed E-state index contributed by atoms with van der Waals surface area (Å²) >= 11 is 18.6. The predicted molar refractivity (Wildman–Crippen MR) is 125 cm³/mol. The van der Waals surface area contributed by atoms with Crippen molar-refractivity contribution in [2.24, 2.45) is 0 Å². The number of carbonyl (C=O) groups is 1. The molecule has 0 bridgehead atoms. The van der Waals surface area contributed by atoms with Crippen LogP contribution in [-0.2, 0) is 13.3 Å². The van der Waals surface area contributed by atoms with E-state index in [1.165, 1.54) is 4.68 Å². The van der Waals surface area contributed by atoms with Gasteiger partial charge in [-0.15, -0.1) is 0 Å². The van der Waals surface area contributed by atoms with E-state index in [1.807, 2.05) is 37.3 Å². The van der Waals surface area contributed by atoms with Gasteiger partial charge < -0.3 is 10.1 Å². The number of aromatic nitrogens is 4. The van der Waals surface area contributed by atoms with Crippen LogP contribution in [0, 0.1) is 6.92 Å². The summed E-state index contributed by atoms with van der Waals surface area (Å²) < 4.78 is 8.79. The molecule has 0 saturated heterocycles. The third-order valence-corrected chi connectivity index (χ3v) is 5.51. The number of hydrogen-bond donors (Lipinski definition) is 1. The van der Waals surface area contributed by atoms with E-state index >= 15 is 0 Å². The van der Waals surface area contributed by atoms with Crippen molar-refractivity contribution < 1.29 is 9.53 Å². The molecule has 32 heavy (non-hydrogen) atoms. The number of nitrogens with one attached hydrogen (secondary N) is 1. The van der Waals surface area contributed by atoms with Crippen molar-refractivity contribution >= 4 is 46.5 Å². The monoisotopic (exact) mass is 489 g/mol. The SMILES string of the molecule is Cc1ccc(Cl)c(OCn2ccc(C(=O)Nc3nn(Cc4ccccc4Cl)cc3Cl)n2)c1. The third kappa shape index (κ3) is 5.24. The first-order valence-electron chi connectivity index (χ1n) is 9.59. The number of carbonyl (C=O) groups excluding carboxylic acids is 1. The Labute approximate surface area is 199 Å². The molecule has 0 aliphatic heterocycles. The molecule has 1 N–H and O–H groups in total. The van der Waals surface area contributed by atoms with E-state index in [-0.39, 0.29) is 18.2 Å². The molecule has 0 saturated carbocycles. The number of aryl methyl sites for hydroxylation is 1. The topological polar surface area (TPSA) is 74.0 Å². The minimum Gasteiger partial charge on any atom is -0.470 e. The number of rotatable bonds is 7. The molecule has 2 aromatic carbocycles. The van der Waals surface area contributed by atoms with Gasteiger partial charge in [-0.1, -0.05) is 59.1 Å². The highest BCUT2D eigenvalue weighted by Crippen LogP contribution is 2.26. The van der Waals surface area contributed by atoms with E-state index in [2.05, 4.69) is 15.5 Å². The van der Waals surface area contributed by atoms with Gasteiger partial charge >= 0.3 is 0 Å². The van der Waals surface area contributed by atoms with Gasteiger partial charge in [-0.3, -0.25) is 9.48 Å². The highest BCUT2D eigenvalue weighted by Gasteiger charge is 2.15. The van der Waals surface area contributed by atoms with E-state index in [9.17, 15) is 4.79 Å². The van der Waals surface area contributed by atoms with Crippen LogP contribution in [0.3, 0.4) is 0 Å². The van der Waals surface area contributed by atoms with Crippen LogP contribution in [0.1, 0.15) is 21.6 Å². The molecule has 164 valence electrons. The molecule has 7 nitrogen and oxygen atoms in total. The Kier molecular flexibility index (Phi) is 6.69. The number of nitrogens with zero attached hydrogens (tertiary/aromatic N) is 4. The second-order valence-corrected chi connectivity index (χ2v) is 8.24. The maximum Gasteiger partial charge on any atom is 0.277 e. The zero-order chi connectivity index (χ0) is 22.7. The Morgan fingerprint density at radius 3 is 2.62 bits per heavy atom. The lowest BCUT2D eigenvalue weighted by atomic mass is 10.2. The Bertz CT molecular complexity index is 1270. The van der Waals surface area contributed by atoms with E-state index in [0.717, 1.165) is 11.1 Å². The lowest BCUT2D eigenvalue weighted by Crippen LogP contribution is -2.15. The first-order chi connectivity index (χ1) is 15.4. The van der Waals surface area contributed by atoms with Gasteiger partial charge in [-0.05, 0) is 42.3 Å². The summed E-state index contributed by atoms with van der Waals surface area (Å²) in [6.07, 6.45) is 3.26. The molecule has 0 radical (unpaired) electrons. The first-order valence-corrected chi connectivity index (χ1v) is 10.7. The molecule has 10 heteroatoms. The average Bonchev–Trinajstić information content (AvgIpc) is 3.37. The maximum absolute atomic E-state index is 12.6. The lowest BCUT2D eigenvalue weighted by Gasteiger charge is -2.08. The van der Waals surface area contributed by atoms with Crippen molar-refractivity contribution in [3.63, 3.8) is 0 Å². The van der Waals surface area contributed by atoms with Gasteiger partial charge in [0, 0.05) is 17.4 Å². The standard InChI is InChI=1S/C22H18Cl3N5O2/c1-14-6-7-17(24)20(10-14)32-13-29-9-8-19(27-29)22(31)26-21-18(25)12-30(28-21)11-15-4-2-3-5-16(15)23/h2-10,12H,11,13H2,1H3,(H,26,28,31). The van der Waals surface area contributed by atoms with Gasteiger partial charge in [0.1, 0.15) is 10.8 Å². The number of halogens is 3. The van der Waals surface area contributed by atoms with Crippen LogP contribution in [0.25, 0.3) is 0 Å². The van der Waals surface area contributed by atoms with E-state index in [0.29, 0.717) is 27.4 Å². The van der Waals surface area contributed by atoms with Crippen LogP contribution in [0.15, 0.2) is 60.9 Å². The van der Waals surface area contributed by atoms with Crippen molar-refractivity contribution in [3.8, 4) is 5.75 Å². The Morgan fingerprint density at radius 1 is 1.00 bits per heavy atom. The fourth-order valence-electron chi connectivity index (χ4n) is 2.95. The second-order valence-electron chi connectivity index (χ2n) is 7.02. The zero-order valence-corrected chi connectivity index (χ0v) is 19.2. The highest BCUT2D eigenvalue weighted by atomic mass is 35.5. The minimum atomic E-state index is -0.442. The zero-order valence-electron chi connectivity index (χ0n) is 16.9. The quantitative estimate of drug-likeness (QED) is 0.361. The van der Waals surface area contributed by atoms with Crippen molar-refractivity contribution in [1.82, 2.24) is 19.6 Å². The summed E-state index contributed by atoms with van der Waals surface area (Å²) in [5, 5.41) is 12.7.